The molecule has 1 aliphatic heterocycles. The van der Waals surface area contributed by atoms with Gasteiger partial charge in [0.05, 0.1) is 15.5 Å². The Morgan fingerprint density at radius 1 is 1.16 bits per heavy atom. The molecule has 3 aromatic carbocycles. The van der Waals surface area contributed by atoms with E-state index in [0.717, 1.165) is 13.1 Å². The van der Waals surface area contributed by atoms with Crippen molar-refractivity contribution in [2.75, 3.05) is 18.4 Å². The zero-order chi connectivity index (χ0) is 26.2. The van der Waals surface area contributed by atoms with Gasteiger partial charge >= 0.3 is 0 Å². The molecule has 1 saturated heterocycles. The Hall–Kier alpha value is -4.26. The van der Waals surface area contributed by atoms with Crippen molar-refractivity contribution in [2.24, 2.45) is 17.8 Å². The Morgan fingerprint density at radius 3 is 2.76 bits per heavy atom. The standard InChI is InChI=1S/C28H21ClFN5O3/c29-24-10-19(5-7-27(24)38-14-16-2-1-3-18(30)8-16)34-28-21-11-26(35(36)37)17(9-25(21)32-15-33-28)4-6-20-22-12-31-13-23(20)22/h1-3,5,7-11,15,20,22-23,31H,12-14H2,(H,32,33,34). The Morgan fingerprint density at radius 2 is 2.00 bits per heavy atom. The molecule has 0 spiro atoms. The molecular formula is C28H21ClFN5O3. The van der Waals surface area contributed by atoms with Gasteiger partial charge < -0.3 is 15.4 Å². The molecule has 1 aromatic heterocycles. The van der Waals surface area contributed by atoms with E-state index in [-0.39, 0.29) is 18.1 Å². The minimum atomic E-state index is -0.433. The molecule has 6 rings (SSSR count). The van der Waals surface area contributed by atoms with Crippen LogP contribution in [0.2, 0.25) is 5.02 Å². The minimum absolute atomic E-state index is 0.0917. The summed E-state index contributed by atoms with van der Waals surface area (Å²) in [6, 6.07) is 14.3. The first-order valence-corrected chi connectivity index (χ1v) is 12.4. The molecule has 0 amide bonds. The molecular weight excluding hydrogens is 509 g/mol. The van der Waals surface area contributed by atoms with Crippen molar-refractivity contribution in [3.8, 4) is 17.6 Å². The summed E-state index contributed by atoms with van der Waals surface area (Å²) in [5, 5.41) is 19.2. The quantitative estimate of drug-likeness (QED) is 0.194. The fourth-order valence-corrected chi connectivity index (χ4v) is 5.09. The van der Waals surface area contributed by atoms with Gasteiger partial charge in [-0.05, 0) is 66.9 Å². The Balaban J connectivity index is 1.24. The summed E-state index contributed by atoms with van der Waals surface area (Å²) in [5.41, 5.74) is 2.07. The van der Waals surface area contributed by atoms with Gasteiger partial charge in [0.25, 0.3) is 5.69 Å². The van der Waals surface area contributed by atoms with Gasteiger partial charge in [0.15, 0.2) is 0 Å². The van der Waals surface area contributed by atoms with Crippen molar-refractivity contribution in [3.63, 3.8) is 0 Å². The van der Waals surface area contributed by atoms with Crippen LogP contribution < -0.4 is 15.4 Å². The lowest BCUT2D eigenvalue weighted by Crippen LogP contribution is -2.13. The molecule has 2 atom stereocenters. The van der Waals surface area contributed by atoms with E-state index >= 15 is 0 Å². The summed E-state index contributed by atoms with van der Waals surface area (Å²) >= 11 is 6.42. The van der Waals surface area contributed by atoms with E-state index < -0.39 is 4.92 Å². The maximum atomic E-state index is 13.4. The number of benzene rings is 3. The fourth-order valence-electron chi connectivity index (χ4n) is 4.86. The Bertz CT molecular complexity index is 1630. The lowest BCUT2D eigenvalue weighted by Gasteiger charge is -2.12. The number of anilines is 2. The number of nitrogens with one attached hydrogen (secondary N) is 2. The van der Waals surface area contributed by atoms with Gasteiger partial charge in [-0.2, -0.15) is 0 Å². The largest absolute Gasteiger partial charge is 0.487 e. The van der Waals surface area contributed by atoms with E-state index in [2.05, 4.69) is 32.4 Å². The van der Waals surface area contributed by atoms with Crippen molar-refractivity contribution >= 4 is 39.7 Å². The number of nitro benzene ring substituents is 1. The summed E-state index contributed by atoms with van der Waals surface area (Å²) in [4.78, 5) is 20.0. The third-order valence-corrected chi connectivity index (χ3v) is 7.19. The zero-order valence-electron chi connectivity index (χ0n) is 19.9. The molecule has 8 nitrogen and oxygen atoms in total. The van der Waals surface area contributed by atoms with E-state index in [1.165, 1.54) is 24.5 Å². The topological polar surface area (TPSA) is 102 Å². The first-order chi connectivity index (χ1) is 18.5. The van der Waals surface area contributed by atoms with Crippen molar-refractivity contribution in [1.82, 2.24) is 15.3 Å². The van der Waals surface area contributed by atoms with Gasteiger partial charge in [-0.25, -0.2) is 14.4 Å². The summed E-state index contributed by atoms with van der Waals surface area (Å²) < 4.78 is 19.1. The van der Waals surface area contributed by atoms with Crippen LogP contribution in [0.5, 0.6) is 5.75 Å². The number of fused-ring (bicyclic) bond motifs is 2. The van der Waals surface area contributed by atoms with Gasteiger partial charge in [0.1, 0.15) is 35.9 Å². The molecule has 1 saturated carbocycles. The van der Waals surface area contributed by atoms with E-state index in [9.17, 15) is 14.5 Å². The number of hydrogen-bond donors (Lipinski definition) is 2. The highest BCUT2D eigenvalue weighted by molar-refractivity contribution is 6.32. The van der Waals surface area contributed by atoms with Crippen LogP contribution >= 0.6 is 11.6 Å². The lowest BCUT2D eigenvalue weighted by atomic mass is 10.1. The van der Waals surface area contributed by atoms with Crippen LogP contribution in [0.1, 0.15) is 11.1 Å². The number of piperidine rings is 1. The SMILES string of the molecule is O=[N+]([O-])c1cc2c(Nc3ccc(OCc4cccc(F)c4)c(Cl)c3)ncnc2cc1C#CC1C2CNCC12. The number of nitrogens with zero attached hydrogens (tertiary/aromatic N) is 3. The first-order valence-electron chi connectivity index (χ1n) is 12.1. The van der Waals surface area contributed by atoms with E-state index in [1.807, 2.05) is 0 Å². The second-order valence-corrected chi connectivity index (χ2v) is 9.74. The molecule has 38 heavy (non-hydrogen) atoms. The van der Waals surface area contributed by atoms with Gasteiger partial charge in [0, 0.05) is 23.1 Å². The average Bonchev–Trinajstić information content (AvgIpc) is 3.32. The highest BCUT2D eigenvalue weighted by Crippen LogP contribution is 2.48. The summed E-state index contributed by atoms with van der Waals surface area (Å²) in [7, 11) is 0. The molecule has 10 heteroatoms. The lowest BCUT2D eigenvalue weighted by molar-refractivity contribution is -0.385. The molecule has 190 valence electrons. The van der Waals surface area contributed by atoms with Crippen molar-refractivity contribution in [3.05, 3.63) is 93.0 Å². The molecule has 2 unspecified atom stereocenters. The molecule has 2 aliphatic rings. The third-order valence-electron chi connectivity index (χ3n) is 6.89. The first kappa shape index (κ1) is 24.1. The monoisotopic (exact) mass is 529 g/mol. The summed E-state index contributed by atoms with van der Waals surface area (Å²) in [6.07, 6.45) is 1.39. The van der Waals surface area contributed by atoms with Crippen LogP contribution in [0.25, 0.3) is 10.9 Å². The Labute approximate surface area is 222 Å². The molecule has 4 aromatic rings. The summed E-state index contributed by atoms with van der Waals surface area (Å²) in [5.74, 6) is 8.13. The van der Waals surface area contributed by atoms with Crippen LogP contribution in [0.4, 0.5) is 21.6 Å². The minimum Gasteiger partial charge on any atom is -0.487 e. The Kier molecular flexibility index (Phi) is 6.27. The smallest absolute Gasteiger partial charge is 0.285 e. The highest BCUT2D eigenvalue weighted by Gasteiger charge is 2.51. The second-order valence-electron chi connectivity index (χ2n) is 9.34. The van der Waals surface area contributed by atoms with E-state index in [1.54, 1.807) is 36.4 Å². The fraction of sp³-hybridized carbons (Fsp3) is 0.214. The van der Waals surface area contributed by atoms with Crippen LogP contribution in [-0.4, -0.2) is 28.0 Å². The second kappa shape index (κ2) is 9.89. The maximum absolute atomic E-state index is 13.4. The molecule has 2 heterocycles. The normalized spacial score (nSPS) is 19.4. The van der Waals surface area contributed by atoms with Crippen molar-refractivity contribution < 1.29 is 14.1 Å². The number of halogens is 2. The molecule has 1 aliphatic carbocycles. The van der Waals surface area contributed by atoms with Crippen molar-refractivity contribution in [2.45, 2.75) is 6.61 Å². The van der Waals surface area contributed by atoms with E-state index in [4.69, 9.17) is 16.3 Å². The van der Waals surface area contributed by atoms with Gasteiger partial charge in [-0.3, -0.25) is 10.1 Å². The van der Waals surface area contributed by atoms with Crippen molar-refractivity contribution in [1.29, 1.82) is 0 Å². The number of rotatable bonds is 6. The number of ether oxygens (including phenoxy) is 1. The molecule has 2 fully saturated rings. The van der Waals surface area contributed by atoms with Crippen LogP contribution in [-0.2, 0) is 6.61 Å². The molecule has 0 radical (unpaired) electrons. The maximum Gasteiger partial charge on any atom is 0.285 e. The van der Waals surface area contributed by atoms with Crippen LogP contribution in [0.15, 0.2) is 60.9 Å². The van der Waals surface area contributed by atoms with E-state index in [0.29, 0.717) is 62.1 Å². The summed E-state index contributed by atoms with van der Waals surface area (Å²) in [6.45, 7) is 2.07. The number of hydrogen-bond acceptors (Lipinski definition) is 7. The molecule has 2 N–H and O–H groups in total. The van der Waals surface area contributed by atoms with Gasteiger partial charge in [-0.15, -0.1) is 0 Å². The highest BCUT2D eigenvalue weighted by atomic mass is 35.5. The number of nitro groups is 1. The van der Waals surface area contributed by atoms with Gasteiger partial charge in [0.2, 0.25) is 0 Å². The third kappa shape index (κ3) is 4.84. The number of aromatic nitrogens is 2. The average molecular weight is 530 g/mol. The van der Waals surface area contributed by atoms with Crippen LogP contribution in [0, 0.1) is 45.5 Å². The predicted octanol–water partition coefficient (Wildman–Crippen LogP) is 5.47. The predicted molar refractivity (Wildman–Crippen MR) is 142 cm³/mol. The molecule has 0 bridgehead atoms. The van der Waals surface area contributed by atoms with Gasteiger partial charge in [-0.1, -0.05) is 35.6 Å². The zero-order valence-corrected chi connectivity index (χ0v) is 20.7. The van der Waals surface area contributed by atoms with Crippen LogP contribution in [0.3, 0.4) is 0 Å².